The molecule has 32 heavy (non-hydrogen) atoms. The maximum absolute atomic E-state index is 13.2. The highest BCUT2D eigenvalue weighted by atomic mass is 16.5. The molecule has 1 aromatic heterocycles. The number of aromatic nitrogens is 3. The minimum absolute atomic E-state index is 0.121. The Labute approximate surface area is 188 Å². The third-order valence-corrected chi connectivity index (χ3v) is 6.89. The van der Waals surface area contributed by atoms with Crippen LogP contribution in [0.4, 0.5) is 0 Å². The van der Waals surface area contributed by atoms with Crippen molar-refractivity contribution in [3.63, 3.8) is 0 Å². The molecule has 7 heteroatoms. The van der Waals surface area contributed by atoms with Crippen molar-refractivity contribution in [2.75, 3.05) is 33.8 Å². The lowest BCUT2D eigenvalue weighted by Gasteiger charge is -2.48. The molecule has 0 N–H and O–H groups in total. The van der Waals surface area contributed by atoms with E-state index in [0.29, 0.717) is 0 Å². The topological polar surface area (TPSA) is 63.5 Å². The number of aryl methyl sites for hydroxylation is 1. The average molecular weight is 432 g/mol. The van der Waals surface area contributed by atoms with Gasteiger partial charge < -0.3 is 14.2 Å². The second-order valence-corrected chi connectivity index (χ2v) is 9.01. The first-order valence-corrected chi connectivity index (χ1v) is 11.1. The van der Waals surface area contributed by atoms with E-state index in [-0.39, 0.29) is 11.4 Å². The molecule has 5 rings (SSSR count). The lowest BCUT2D eigenvalue weighted by atomic mass is 9.84. The Kier molecular flexibility index (Phi) is 5.21. The molecule has 0 saturated carbocycles. The number of nitrogens with zero attached hydrogens (tertiary/aromatic N) is 5. The van der Waals surface area contributed by atoms with Gasteiger partial charge in [-0.05, 0) is 62.7 Å². The number of likely N-dealkylation sites (N-methyl/N-ethyl adjacent to an activating group) is 1. The summed E-state index contributed by atoms with van der Waals surface area (Å²) in [7, 11) is 3.81. The molecule has 0 bridgehead atoms. The van der Waals surface area contributed by atoms with Crippen LogP contribution < -0.4 is 4.74 Å². The fourth-order valence-corrected chi connectivity index (χ4v) is 5.21. The Hall–Kier alpha value is -3.19. The maximum atomic E-state index is 13.2. The third-order valence-electron chi connectivity index (χ3n) is 6.89. The number of ether oxygens (including phenoxy) is 1. The first kappa shape index (κ1) is 20.7. The van der Waals surface area contributed by atoms with Crippen LogP contribution >= 0.6 is 0 Å². The molecule has 2 aliphatic heterocycles. The zero-order valence-corrected chi connectivity index (χ0v) is 18.9. The van der Waals surface area contributed by atoms with Gasteiger partial charge in [0.05, 0.1) is 19.2 Å². The van der Waals surface area contributed by atoms with Gasteiger partial charge in [-0.2, -0.15) is 0 Å². The molecule has 0 radical (unpaired) electrons. The molecule has 166 valence electrons. The van der Waals surface area contributed by atoms with E-state index in [2.05, 4.69) is 26.7 Å². The summed E-state index contributed by atoms with van der Waals surface area (Å²) in [5, 5.41) is 9.13. The van der Waals surface area contributed by atoms with E-state index in [1.54, 1.807) is 7.11 Å². The van der Waals surface area contributed by atoms with Gasteiger partial charge in [-0.3, -0.25) is 9.69 Å². The van der Waals surface area contributed by atoms with Crippen molar-refractivity contribution in [3.8, 4) is 17.1 Å². The molecular formula is C25H29N5O2. The van der Waals surface area contributed by atoms with Crippen LogP contribution in [0.5, 0.6) is 5.75 Å². The van der Waals surface area contributed by atoms with Gasteiger partial charge in [0.15, 0.2) is 5.82 Å². The van der Waals surface area contributed by atoms with Crippen molar-refractivity contribution in [3.05, 3.63) is 65.5 Å². The Morgan fingerprint density at radius 1 is 1.03 bits per heavy atom. The number of hydrogen-bond donors (Lipinski definition) is 0. The largest absolute Gasteiger partial charge is 0.497 e. The van der Waals surface area contributed by atoms with Crippen LogP contribution in [0.1, 0.15) is 34.6 Å². The second-order valence-electron chi connectivity index (χ2n) is 9.01. The Balaban J connectivity index is 1.45. The van der Waals surface area contributed by atoms with Gasteiger partial charge >= 0.3 is 0 Å². The first-order valence-electron chi connectivity index (χ1n) is 11.1. The molecule has 1 amide bonds. The zero-order chi connectivity index (χ0) is 22.3. The highest BCUT2D eigenvalue weighted by Gasteiger charge is 2.44. The summed E-state index contributed by atoms with van der Waals surface area (Å²) in [4.78, 5) is 17.5. The van der Waals surface area contributed by atoms with E-state index < -0.39 is 0 Å². The molecule has 1 saturated heterocycles. The number of hydrogen-bond acceptors (Lipinski definition) is 5. The SMILES string of the molecule is COc1ccc(-c2nnc3n2C2(CCN(C(=O)c4ccccc4C)CC2)CN(C)C3)cc1. The summed E-state index contributed by atoms with van der Waals surface area (Å²) < 4.78 is 7.67. The van der Waals surface area contributed by atoms with Gasteiger partial charge in [-0.1, -0.05) is 18.2 Å². The van der Waals surface area contributed by atoms with E-state index >= 15 is 0 Å². The Morgan fingerprint density at radius 2 is 1.75 bits per heavy atom. The monoisotopic (exact) mass is 431 g/mol. The number of fused-ring (bicyclic) bond motifs is 2. The second kappa shape index (κ2) is 8.06. The molecule has 1 fully saturated rings. The number of carbonyl (C=O) groups is 1. The van der Waals surface area contributed by atoms with Crippen molar-refractivity contribution in [2.45, 2.75) is 31.8 Å². The molecule has 3 heterocycles. The van der Waals surface area contributed by atoms with Crippen molar-refractivity contribution in [1.82, 2.24) is 24.6 Å². The van der Waals surface area contributed by atoms with Crippen LogP contribution in [-0.4, -0.2) is 64.3 Å². The van der Waals surface area contributed by atoms with Crippen LogP contribution in [0.15, 0.2) is 48.5 Å². The minimum atomic E-state index is -0.121. The number of rotatable bonds is 3. The van der Waals surface area contributed by atoms with Crippen LogP contribution in [0, 0.1) is 6.92 Å². The number of benzene rings is 2. The van der Waals surface area contributed by atoms with E-state index in [4.69, 9.17) is 4.74 Å². The number of likely N-dealkylation sites (tertiary alicyclic amines) is 1. The van der Waals surface area contributed by atoms with Crippen molar-refractivity contribution in [2.24, 2.45) is 0 Å². The van der Waals surface area contributed by atoms with Crippen LogP contribution in [-0.2, 0) is 12.1 Å². The summed E-state index contributed by atoms with van der Waals surface area (Å²) in [6.45, 7) is 5.14. The molecule has 0 aliphatic carbocycles. The summed E-state index contributed by atoms with van der Waals surface area (Å²) in [5.41, 5.74) is 2.74. The van der Waals surface area contributed by atoms with Crippen molar-refractivity contribution < 1.29 is 9.53 Å². The molecular weight excluding hydrogens is 402 g/mol. The molecule has 7 nitrogen and oxygen atoms in total. The standard InChI is InChI=1S/C25H29N5O2/c1-18-6-4-5-7-21(18)24(31)29-14-12-25(13-15-29)17-28(2)16-22-26-27-23(30(22)25)19-8-10-20(32-3)11-9-19/h4-11H,12-17H2,1-3H3. The summed E-state index contributed by atoms with van der Waals surface area (Å²) in [6.07, 6.45) is 1.76. The van der Waals surface area contributed by atoms with Gasteiger partial charge in [0.1, 0.15) is 11.6 Å². The predicted octanol–water partition coefficient (Wildman–Crippen LogP) is 3.34. The Morgan fingerprint density at radius 3 is 2.44 bits per heavy atom. The van der Waals surface area contributed by atoms with Gasteiger partial charge in [0, 0.05) is 30.8 Å². The van der Waals surface area contributed by atoms with Crippen LogP contribution in [0.2, 0.25) is 0 Å². The van der Waals surface area contributed by atoms with Crippen LogP contribution in [0.25, 0.3) is 11.4 Å². The van der Waals surface area contributed by atoms with Gasteiger partial charge in [0.25, 0.3) is 5.91 Å². The summed E-state index contributed by atoms with van der Waals surface area (Å²) in [5.74, 6) is 2.84. The summed E-state index contributed by atoms with van der Waals surface area (Å²) >= 11 is 0. The lowest BCUT2D eigenvalue weighted by Crippen LogP contribution is -2.56. The van der Waals surface area contributed by atoms with Gasteiger partial charge in [-0.25, -0.2) is 0 Å². The highest BCUT2D eigenvalue weighted by Crippen LogP contribution is 2.39. The van der Waals surface area contributed by atoms with Crippen molar-refractivity contribution in [1.29, 1.82) is 0 Å². The van der Waals surface area contributed by atoms with E-state index in [1.807, 2.05) is 60.4 Å². The smallest absolute Gasteiger partial charge is 0.254 e. The number of piperidine rings is 1. The van der Waals surface area contributed by atoms with E-state index in [9.17, 15) is 4.79 Å². The van der Waals surface area contributed by atoms with Gasteiger partial charge in [0.2, 0.25) is 0 Å². The normalized spacial score (nSPS) is 17.9. The fourth-order valence-electron chi connectivity index (χ4n) is 5.21. The fraction of sp³-hybridized carbons (Fsp3) is 0.400. The molecule has 1 spiro atoms. The van der Waals surface area contributed by atoms with Crippen LogP contribution in [0.3, 0.4) is 0 Å². The molecule has 2 aromatic carbocycles. The van der Waals surface area contributed by atoms with Crippen molar-refractivity contribution >= 4 is 5.91 Å². The lowest BCUT2D eigenvalue weighted by molar-refractivity contribution is 0.0409. The molecule has 0 atom stereocenters. The minimum Gasteiger partial charge on any atom is -0.497 e. The zero-order valence-electron chi connectivity index (χ0n) is 18.9. The average Bonchev–Trinajstić information content (AvgIpc) is 3.24. The quantitative estimate of drug-likeness (QED) is 0.637. The summed E-state index contributed by atoms with van der Waals surface area (Å²) in [6, 6.07) is 15.8. The Bertz CT molecular complexity index is 1130. The molecule has 2 aliphatic rings. The first-order chi connectivity index (χ1) is 15.5. The number of methoxy groups -OCH3 is 1. The van der Waals surface area contributed by atoms with E-state index in [0.717, 1.165) is 73.1 Å². The van der Waals surface area contributed by atoms with E-state index in [1.165, 1.54) is 0 Å². The third kappa shape index (κ3) is 3.46. The number of carbonyl (C=O) groups excluding carboxylic acids is 1. The molecule has 3 aromatic rings. The predicted molar refractivity (Wildman–Crippen MR) is 123 cm³/mol. The molecule has 0 unspecified atom stereocenters. The number of amides is 1. The maximum Gasteiger partial charge on any atom is 0.254 e. The highest BCUT2D eigenvalue weighted by molar-refractivity contribution is 5.95. The van der Waals surface area contributed by atoms with Gasteiger partial charge in [-0.15, -0.1) is 10.2 Å².